The lowest BCUT2D eigenvalue weighted by molar-refractivity contribution is -0.123. The molecule has 1 aliphatic heterocycles. The third-order valence-corrected chi connectivity index (χ3v) is 4.06. The number of fused-ring (bicyclic) bond motifs is 1. The van der Waals surface area contributed by atoms with Crippen LogP contribution in [0.5, 0.6) is 5.75 Å². The quantitative estimate of drug-likeness (QED) is 0.866. The predicted molar refractivity (Wildman–Crippen MR) is 92.1 cm³/mol. The number of benzene rings is 2. The molecule has 0 radical (unpaired) electrons. The Hall–Kier alpha value is -2.05. The lowest BCUT2D eigenvalue weighted by Gasteiger charge is -2.28. The molecule has 0 saturated heterocycles. The number of nitrogens with zero attached hydrogens (tertiary/aromatic N) is 1. The minimum Gasteiger partial charge on any atom is -0.482 e. The van der Waals surface area contributed by atoms with E-state index in [4.69, 9.17) is 16.3 Å². The van der Waals surface area contributed by atoms with E-state index < -0.39 is 0 Å². The topological polar surface area (TPSA) is 58.6 Å². The van der Waals surface area contributed by atoms with Crippen LogP contribution in [0.2, 0.25) is 5.02 Å². The number of halogens is 2. The van der Waals surface area contributed by atoms with Crippen molar-refractivity contribution in [3.05, 3.63) is 52.0 Å². The first-order valence-electron chi connectivity index (χ1n) is 6.81. The van der Waals surface area contributed by atoms with Gasteiger partial charge in [-0.05, 0) is 36.4 Å². The fourth-order valence-corrected chi connectivity index (χ4v) is 2.66. The van der Waals surface area contributed by atoms with E-state index in [1.807, 2.05) is 12.1 Å². The molecule has 1 aliphatic rings. The van der Waals surface area contributed by atoms with Gasteiger partial charge in [0.25, 0.3) is 5.91 Å². The monoisotopic (exact) mass is 394 g/mol. The Bertz CT molecular complexity index is 764. The van der Waals surface area contributed by atoms with Gasteiger partial charge in [0.1, 0.15) is 12.3 Å². The van der Waals surface area contributed by atoms with E-state index in [1.54, 1.807) is 30.3 Å². The second kappa shape index (κ2) is 6.60. The van der Waals surface area contributed by atoms with Crippen LogP contribution in [-0.4, -0.2) is 25.0 Å². The first-order valence-corrected chi connectivity index (χ1v) is 7.98. The summed E-state index contributed by atoms with van der Waals surface area (Å²) in [5, 5.41) is 3.27. The molecular weight excluding hydrogens is 384 g/mol. The van der Waals surface area contributed by atoms with E-state index in [-0.39, 0.29) is 25.0 Å². The van der Waals surface area contributed by atoms with E-state index >= 15 is 0 Å². The number of carbonyl (C=O) groups is 2. The van der Waals surface area contributed by atoms with Crippen molar-refractivity contribution in [1.82, 2.24) is 0 Å². The van der Waals surface area contributed by atoms with Gasteiger partial charge in [-0.15, -0.1) is 0 Å². The molecule has 0 saturated carbocycles. The minimum absolute atomic E-state index is 0.0904. The molecule has 0 unspecified atom stereocenters. The van der Waals surface area contributed by atoms with Crippen LogP contribution in [0.4, 0.5) is 11.4 Å². The summed E-state index contributed by atoms with van der Waals surface area (Å²) >= 11 is 9.25. The summed E-state index contributed by atoms with van der Waals surface area (Å²) in [5.74, 6) is -0.0669. The zero-order chi connectivity index (χ0) is 16.4. The molecule has 0 atom stereocenters. The molecule has 0 aromatic heterocycles. The number of rotatable bonds is 3. The van der Waals surface area contributed by atoms with Crippen molar-refractivity contribution in [3.8, 4) is 5.75 Å². The Kier molecular flexibility index (Phi) is 4.54. The van der Waals surface area contributed by atoms with Crippen LogP contribution >= 0.6 is 27.5 Å². The van der Waals surface area contributed by atoms with Gasteiger partial charge < -0.3 is 10.1 Å². The fourth-order valence-electron chi connectivity index (χ4n) is 2.23. The molecule has 0 spiro atoms. The molecular formula is C16H12BrClN2O3. The van der Waals surface area contributed by atoms with Gasteiger partial charge in [0.05, 0.1) is 5.69 Å². The largest absolute Gasteiger partial charge is 0.482 e. The van der Waals surface area contributed by atoms with Crippen molar-refractivity contribution in [2.75, 3.05) is 23.4 Å². The molecule has 0 bridgehead atoms. The Morgan fingerprint density at radius 1 is 1.26 bits per heavy atom. The summed E-state index contributed by atoms with van der Waals surface area (Å²) in [6.45, 7) is -0.203. The number of hydrogen-bond acceptors (Lipinski definition) is 3. The molecule has 2 amide bonds. The number of nitrogens with one attached hydrogen (secondary N) is 1. The van der Waals surface area contributed by atoms with Crippen LogP contribution in [-0.2, 0) is 9.59 Å². The Morgan fingerprint density at radius 2 is 2.00 bits per heavy atom. The summed E-state index contributed by atoms with van der Waals surface area (Å²) in [5.41, 5.74) is 1.20. The van der Waals surface area contributed by atoms with Crippen LogP contribution in [0.1, 0.15) is 0 Å². The highest BCUT2D eigenvalue weighted by Gasteiger charge is 2.27. The molecule has 0 fully saturated rings. The number of amides is 2. The molecule has 0 aliphatic carbocycles. The van der Waals surface area contributed by atoms with E-state index in [2.05, 4.69) is 21.2 Å². The average molecular weight is 396 g/mol. The third-order valence-electron chi connectivity index (χ3n) is 3.29. The summed E-state index contributed by atoms with van der Waals surface area (Å²) < 4.78 is 6.27. The molecule has 1 heterocycles. The van der Waals surface area contributed by atoms with Crippen LogP contribution in [0, 0.1) is 0 Å². The molecule has 5 nitrogen and oxygen atoms in total. The summed E-state index contributed by atoms with van der Waals surface area (Å²) in [7, 11) is 0. The van der Waals surface area contributed by atoms with Gasteiger partial charge in [0, 0.05) is 21.2 Å². The number of carbonyl (C=O) groups excluding carboxylic acids is 2. The molecule has 23 heavy (non-hydrogen) atoms. The first-order chi connectivity index (χ1) is 11.0. The molecule has 2 aromatic carbocycles. The van der Waals surface area contributed by atoms with Crippen molar-refractivity contribution >= 4 is 50.7 Å². The van der Waals surface area contributed by atoms with E-state index in [1.165, 1.54) is 4.90 Å². The molecule has 118 valence electrons. The molecule has 1 N–H and O–H groups in total. The summed E-state index contributed by atoms with van der Waals surface area (Å²) in [4.78, 5) is 25.7. The van der Waals surface area contributed by atoms with Crippen molar-refractivity contribution in [2.24, 2.45) is 0 Å². The third kappa shape index (κ3) is 3.65. The minimum atomic E-state index is -0.288. The maximum absolute atomic E-state index is 12.2. The lowest BCUT2D eigenvalue weighted by Crippen LogP contribution is -2.43. The summed E-state index contributed by atoms with van der Waals surface area (Å²) in [6.07, 6.45) is 0. The first kappa shape index (κ1) is 15.8. The smallest absolute Gasteiger partial charge is 0.265 e. The zero-order valence-electron chi connectivity index (χ0n) is 11.9. The van der Waals surface area contributed by atoms with Crippen LogP contribution in [0.25, 0.3) is 0 Å². The maximum Gasteiger partial charge on any atom is 0.265 e. The van der Waals surface area contributed by atoms with Gasteiger partial charge in [-0.1, -0.05) is 27.5 Å². The van der Waals surface area contributed by atoms with E-state index in [9.17, 15) is 9.59 Å². The molecule has 2 aromatic rings. The number of hydrogen-bond donors (Lipinski definition) is 1. The molecule has 3 rings (SSSR count). The summed E-state index contributed by atoms with van der Waals surface area (Å²) in [6, 6.07) is 12.2. The predicted octanol–water partition coefficient (Wildman–Crippen LogP) is 3.47. The lowest BCUT2D eigenvalue weighted by atomic mass is 10.2. The second-order valence-corrected chi connectivity index (χ2v) is 6.29. The highest BCUT2D eigenvalue weighted by atomic mass is 79.9. The van der Waals surface area contributed by atoms with Crippen molar-refractivity contribution in [1.29, 1.82) is 0 Å². The van der Waals surface area contributed by atoms with Crippen LogP contribution in [0.3, 0.4) is 0 Å². The SMILES string of the molecule is O=C(CN1C(=O)COc2cc(Cl)ccc21)Nc1ccc(Br)cc1. The van der Waals surface area contributed by atoms with Crippen LogP contribution < -0.4 is 15.0 Å². The van der Waals surface area contributed by atoms with E-state index in [0.717, 1.165) is 4.47 Å². The van der Waals surface area contributed by atoms with Crippen molar-refractivity contribution < 1.29 is 14.3 Å². The zero-order valence-corrected chi connectivity index (χ0v) is 14.2. The maximum atomic E-state index is 12.2. The van der Waals surface area contributed by atoms with Crippen LogP contribution in [0.15, 0.2) is 46.9 Å². The number of anilines is 2. The Balaban J connectivity index is 1.75. The normalized spacial score (nSPS) is 13.3. The Labute approximate surface area is 146 Å². The van der Waals surface area contributed by atoms with Gasteiger partial charge >= 0.3 is 0 Å². The van der Waals surface area contributed by atoms with Gasteiger partial charge in [0.15, 0.2) is 6.61 Å². The van der Waals surface area contributed by atoms with Gasteiger partial charge in [-0.2, -0.15) is 0 Å². The van der Waals surface area contributed by atoms with Gasteiger partial charge in [-0.3, -0.25) is 14.5 Å². The van der Waals surface area contributed by atoms with Crippen molar-refractivity contribution in [3.63, 3.8) is 0 Å². The average Bonchev–Trinajstić information content (AvgIpc) is 2.52. The second-order valence-electron chi connectivity index (χ2n) is 4.94. The number of ether oxygens (including phenoxy) is 1. The highest BCUT2D eigenvalue weighted by Crippen LogP contribution is 2.34. The highest BCUT2D eigenvalue weighted by molar-refractivity contribution is 9.10. The standard InChI is InChI=1S/C16H12BrClN2O3/c17-10-1-4-12(5-2-10)19-15(21)8-20-13-6-3-11(18)7-14(13)23-9-16(20)22/h1-7H,8-9H2,(H,19,21). The van der Waals surface area contributed by atoms with Gasteiger partial charge in [0.2, 0.25) is 5.91 Å². The Morgan fingerprint density at radius 3 is 2.74 bits per heavy atom. The van der Waals surface area contributed by atoms with Crippen molar-refractivity contribution in [2.45, 2.75) is 0 Å². The molecule has 7 heteroatoms. The van der Waals surface area contributed by atoms with E-state index in [0.29, 0.717) is 22.1 Å². The van der Waals surface area contributed by atoms with Gasteiger partial charge in [-0.25, -0.2) is 0 Å². The fraction of sp³-hybridized carbons (Fsp3) is 0.125.